The van der Waals surface area contributed by atoms with Crippen molar-refractivity contribution in [3.05, 3.63) is 36.3 Å². The van der Waals surface area contributed by atoms with Crippen LogP contribution < -0.4 is 10.1 Å². The molecule has 0 unspecified atom stereocenters. The van der Waals surface area contributed by atoms with Crippen LogP contribution in [0.4, 0.5) is 0 Å². The van der Waals surface area contributed by atoms with Gasteiger partial charge in [-0.25, -0.2) is 4.98 Å². The van der Waals surface area contributed by atoms with Gasteiger partial charge in [0.1, 0.15) is 0 Å². The van der Waals surface area contributed by atoms with E-state index in [0.29, 0.717) is 11.6 Å². The largest absolute Gasteiger partial charge is 0.436 e. The number of hydrogen-bond donors (Lipinski definition) is 1. The lowest BCUT2D eigenvalue weighted by molar-refractivity contribution is 0.459. The van der Waals surface area contributed by atoms with E-state index >= 15 is 0 Å². The zero-order valence-electron chi connectivity index (χ0n) is 10.8. The Balaban J connectivity index is 1.98. The summed E-state index contributed by atoms with van der Waals surface area (Å²) in [7, 11) is 1.85. The maximum atomic E-state index is 5.62. The van der Waals surface area contributed by atoms with Gasteiger partial charge in [0.15, 0.2) is 5.75 Å². The highest BCUT2D eigenvalue weighted by molar-refractivity contribution is 5.23. The van der Waals surface area contributed by atoms with Gasteiger partial charge in [-0.2, -0.15) is 5.10 Å². The Hall–Kier alpha value is -1.88. The number of rotatable bonds is 6. The molecule has 0 fully saturated rings. The van der Waals surface area contributed by atoms with Gasteiger partial charge in [0.2, 0.25) is 5.88 Å². The molecule has 18 heavy (non-hydrogen) atoms. The minimum Gasteiger partial charge on any atom is -0.436 e. The van der Waals surface area contributed by atoms with Crippen molar-refractivity contribution in [2.75, 3.05) is 6.54 Å². The van der Waals surface area contributed by atoms with E-state index in [1.165, 1.54) is 0 Å². The zero-order valence-corrected chi connectivity index (χ0v) is 10.8. The van der Waals surface area contributed by atoms with Gasteiger partial charge >= 0.3 is 0 Å². The fourth-order valence-corrected chi connectivity index (χ4v) is 1.58. The van der Waals surface area contributed by atoms with Gasteiger partial charge in [0.25, 0.3) is 0 Å². The van der Waals surface area contributed by atoms with E-state index in [-0.39, 0.29) is 0 Å². The van der Waals surface area contributed by atoms with Gasteiger partial charge < -0.3 is 10.1 Å². The minimum atomic E-state index is 0.596. The average molecular weight is 246 g/mol. The Morgan fingerprint density at radius 1 is 1.39 bits per heavy atom. The number of aromatic nitrogens is 3. The Labute approximate surface area is 107 Å². The zero-order chi connectivity index (χ0) is 12.8. The van der Waals surface area contributed by atoms with Crippen LogP contribution in [0, 0.1) is 0 Å². The molecule has 0 aliphatic rings. The third-order valence-corrected chi connectivity index (χ3v) is 2.42. The third kappa shape index (κ3) is 3.56. The fraction of sp³-hybridized carbons (Fsp3) is 0.385. The molecule has 2 rings (SSSR count). The maximum absolute atomic E-state index is 5.62. The van der Waals surface area contributed by atoms with E-state index in [4.69, 9.17) is 4.74 Å². The van der Waals surface area contributed by atoms with Gasteiger partial charge in [-0.15, -0.1) is 0 Å². The van der Waals surface area contributed by atoms with Crippen LogP contribution in [-0.2, 0) is 13.6 Å². The maximum Gasteiger partial charge on any atom is 0.219 e. The number of pyridine rings is 1. The molecule has 0 saturated carbocycles. The second-order valence-corrected chi connectivity index (χ2v) is 4.10. The molecule has 5 heteroatoms. The summed E-state index contributed by atoms with van der Waals surface area (Å²) in [5, 5.41) is 7.36. The summed E-state index contributed by atoms with van der Waals surface area (Å²) in [4.78, 5) is 4.43. The minimum absolute atomic E-state index is 0.596. The van der Waals surface area contributed by atoms with E-state index in [2.05, 4.69) is 22.3 Å². The summed E-state index contributed by atoms with van der Waals surface area (Å²) >= 11 is 0. The van der Waals surface area contributed by atoms with E-state index in [9.17, 15) is 0 Å². The molecule has 0 aliphatic heterocycles. The van der Waals surface area contributed by atoms with Crippen LogP contribution in [0.1, 0.15) is 19.0 Å². The monoisotopic (exact) mass is 246 g/mol. The first-order valence-electron chi connectivity index (χ1n) is 6.11. The van der Waals surface area contributed by atoms with Gasteiger partial charge in [0, 0.05) is 19.7 Å². The molecule has 5 nitrogen and oxygen atoms in total. The van der Waals surface area contributed by atoms with Crippen molar-refractivity contribution >= 4 is 0 Å². The van der Waals surface area contributed by atoms with Crippen molar-refractivity contribution < 1.29 is 4.74 Å². The molecule has 2 aromatic rings. The Bertz CT molecular complexity index is 495. The SMILES string of the molecule is CCCNCc1cccc(Oc2cnn(C)c2)n1. The molecule has 0 aliphatic carbocycles. The van der Waals surface area contributed by atoms with Crippen LogP contribution >= 0.6 is 0 Å². The van der Waals surface area contributed by atoms with Crippen molar-refractivity contribution in [1.82, 2.24) is 20.1 Å². The van der Waals surface area contributed by atoms with Gasteiger partial charge in [0.05, 0.1) is 18.1 Å². The number of nitrogens with zero attached hydrogens (tertiary/aromatic N) is 3. The van der Waals surface area contributed by atoms with E-state index in [1.807, 2.05) is 31.4 Å². The smallest absolute Gasteiger partial charge is 0.219 e. The van der Waals surface area contributed by atoms with E-state index in [1.54, 1.807) is 10.9 Å². The number of ether oxygens (including phenoxy) is 1. The second-order valence-electron chi connectivity index (χ2n) is 4.10. The molecule has 1 N–H and O–H groups in total. The lowest BCUT2D eigenvalue weighted by Gasteiger charge is -2.05. The first kappa shape index (κ1) is 12.6. The summed E-state index contributed by atoms with van der Waals surface area (Å²) in [5.74, 6) is 1.29. The third-order valence-electron chi connectivity index (χ3n) is 2.42. The van der Waals surface area contributed by atoms with Gasteiger partial charge in [-0.3, -0.25) is 4.68 Å². The van der Waals surface area contributed by atoms with E-state index < -0.39 is 0 Å². The number of aryl methyl sites for hydroxylation is 1. The summed E-state index contributed by atoms with van der Waals surface area (Å²) < 4.78 is 7.32. The molecule has 2 aromatic heterocycles. The first-order chi connectivity index (χ1) is 8.78. The predicted octanol–water partition coefficient (Wildman–Crippen LogP) is 2.11. The predicted molar refractivity (Wildman–Crippen MR) is 69.5 cm³/mol. The first-order valence-corrected chi connectivity index (χ1v) is 6.11. The van der Waals surface area contributed by atoms with Crippen molar-refractivity contribution in [3.8, 4) is 11.6 Å². The molecule has 2 heterocycles. The van der Waals surface area contributed by atoms with Crippen molar-refractivity contribution in [2.45, 2.75) is 19.9 Å². The number of hydrogen-bond acceptors (Lipinski definition) is 4. The summed E-state index contributed by atoms with van der Waals surface area (Å²) in [5.41, 5.74) is 0.977. The molecular formula is C13H18N4O. The molecule has 0 radical (unpaired) electrons. The highest BCUT2D eigenvalue weighted by Gasteiger charge is 2.02. The highest BCUT2D eigenvalue weighted by atomic mass is 16.5. The molecule has 0 bridgehead atoms. The summed E-state index contributed by atoms with van der Waals surface area (Å²) in [6, 6.07) is 5.77. The molecule has 0 amide bonds. The van der Waals surface area contributed by atoms with E-state index in [0.717, 1.165) is 25.2 Å². The summed E-state index contributed by atoms with van der Waals surface area (Å²) in [6.07, 6.45) is 4.60. The average Bonchev–Trinajstić information content (AvgIpc) is 2.76. The van der Waals surface area contributed by atoms with Crippen LogP contribution in [0.5, 0.6) is 11.6 Å². The van der Waals surface area contributed by atoms with Crippen LogP contribution in [0.2, 0.25) is 0 Å². The molecule has 0 atom stereocenters. The van der Waals surface area contributed by atoms with Crippen molar-refractivity contribution in [1.29, 1.82) is 0 Å². The highest BCUT2D eigenvalue weighted by Crippen LogP contribution is 2.18. The fourth-order valence-electron chi connectivity index (χ4n) is 1.58. The van der Waals surface area contributed by atoms with Crippen molar-refractivity contribution in [3.63, 3.8) is 0 Å². The summed E-state index contributed by atoms with van der Waals surface area (Å²) in [6.45, 7) is 3.90. The van der Waals surface area contributed by atoms with Crippen molar-refractivity contribution in [2.24, 2.45) is 7.05 Å². The van der Waals surface area contributed by atoms with Crippen LogP contribution in [0.3, 0.4) is 0 Å². The second kappa shape index (κ2) is 6.16. The Kier molecular flexibility index (Phi) is 4.30. The lowest BCUT2D eigenvalue weighted by Crippen LogP contribution is -2.14. The normalized spacial score (nSPS) is 10.6. The van der Waals surface area contributed by atoms with Crippen LogP contribution in [0.15, 0.2) is 30.6 Å². The van der Waals surface area contributed by atoms with Crippen LogP contribution in [-0.4, -0.2) is 21.3 Å². The number of nitrogens with one attached hydrogen (secondary N) is 1. The van der Waals surface area contributed by atoms with Gasteiger partial charge in [-0.1, -0.05) is 13.0 Å². The Morgan fingerprint density at radius 3 is 3.00 bits per heavy atom. The molecule has 0 aromatic carbocycles. The van der Waals surface area contributed by atoms with Gasteiger partial charge in [-0.05, 0) is 19.0 Å². The molecule has 96 valence electrons. The standard InChI is InChI=1S/C13H18N4O/c1-3-7-14-8-11-5-4-6-13(16-11)18-12-9-15-17(2)10-12/h4-6,9-10,14H,3,7-8H2,1-2H3. The Morgan fingerprint density at radius 2 is 2.28 bits per heavy atom. The topological polar surface area (TPSA) is 52.0 Å². The quantitative estimate of drug-likeness (QED) is 0.793. The molecular weight excluding hydrogens is 228 g/mol. The van der Waals surface area contributed by atoms with Crippen LogP contribution in [0.25, 0.3) is 0 Å². The molecule has 0 spiro atoms. The molecule has 0 saturated heterocycles. The lowest BCUT2D eigenvalue weighted by atomic mass is 10.3.